The fourth-order valence-corrected chi connectivity index (χ4v) is 3.05. The van der Waals surface area contributed by atoms with Crippen LogP contribution in [0.3, 0.4) is 0 Å². The molecule has 2 aliphatic heterocycles. The molecule has 1 atom stereocenters. The predicted molar refractivity (Wildman–Crippen MR) is 76.6 cm³/mol. The van der Waals surface area contributed by atoms with Crippen LogP contribution in [-0.4, -0.2) is 36.3 Å². The monoisotopic (exact) mass is 271 g/mol. The third kappa shape index (κ3) is 1.77. The molecule has 2 aliphatic rings. The normalized spacial score (nSPS) is 21.1. The van der Waals surface area contributed by atoms with Gasteiger partial charge in [0.05, 0.1) is 24.2 Å². The second-order valence-corrected chi connectivity index (χ2v) is 5.36. The molecule has 0 N–H and O–H groups in total. The molecule has 104 valence electrons. The summed E-state index contributed by atoms with van der Waals surface area (Å²) in [5.41, 5.74) is 1.71. The zero-order chi connectivity index (χ0) is 13.5. The topological polar surface area (TPSA) is 47.5 Å². The van der Waals surface area contributed by atoms with Gasteiger partial charge in [0.1, 0.15) is 12.4 Å². The minimum atomic E-state index is 0.459. The van der Waals surface area contributed by atoms with Crippen LogP contribution in [0.15, 0.2) is 18.2 Å². The summed E-state index contributed by atoms with van der Waals surface area (Å²) in [5, 5.41) is 0. The summed E-state index contributed by atoms with van der Waals surface area (Å²) in [6, 6.07) is 6.23. The quantitative estimate of drug-likeness (QED) is 0.797. The number of piperidine rings is 1. The van der Waals surface area contributed by atoms with Crippen molar-refractivity contribution in [2.45, 2.75) is 25.3 Å². The highest BCUT2D eigenvalue weighted by molar-refractivity contribution is 5.79. The number of ether oxygens (including phenoxy) is 2. The largest absolute Gasteiger partial charge is 0.497 e. The molecule has 1 saturated heterocycles. The predicted octanol–water partition coefficient (Wildman–Crippen LogP) is 2.39. The van der Waals surface area contributed by atoms with Gasteiger partial charge in [-0.05, 0) is 31.4 Å². The van der Waals surface area contributed by atoms with Crippen molar-refractivity contribution in [1.82, 2.24) is 9.97 Å². The van der Waals surface area contributed by atoms with Crippen molar-refractivity contribution in [2.24, 2.45) is 0 Å². The number of aromatic nitrogens is 2. The molecule has 1 fully saturated rings. The van der Waals surface area contributed by atoms with E-state index in [1.165, 1.54) is 19.3 Å². The number of fused-ring (bicyclic) bond motifs is 4. The number of benzene rings is 1. The van der Waals surface area contributed by atoms with Crippen molar-refractivity contribution in [3.8, 4) is 11.6 Å². The molecule has 0 amide bonds. The summed E-state index contributed by atoms with van der Waals surface area (Å²) in [5.74, 6) is 2.35. The average molecular weight is 271 g/mol. The van der Waals surface area contributed by atoms with Crippen molar-refractivity contribution in [1.29, 1.82) is 0 Å². The van der Waals surface area contributed by atoms with Crippen LogP contribution in [0.4, 0.5) is 5.82 Å². The minimum Gasteiger partial charge on any atom is -0.497 e. The van der Waals surface area contributed by atoms with Crippen LogP contribution in [0, 0.1) is 0 Å². The maximum absolute atomic E-state index is 5.82. The molecule has 0 spiro atoms. The van der Waals surface area contributed by atoms with Crippen LogP contribution in [0.5, 0.6) is 11.6 Å². The Morgan fingerprint density at radius 1 is 1.25 bits per heavy atom. The molecule has 1 aromatic carbocycles. The molecule has 20 heavy (non-hydrogen) atoms. The average Bonchev–Trinajstić information content (AvgIpc) is 2.52. The van der Waals surface area contributed by atoms with E-state index in [0.717, 1.165) is 35.8 Å². The van der Waals surface area contributed by atoms with Gasteiger partial charge in [0.25, 0.3) is 5.88 Å². The Balaban J connectivity index is 1.83. The Morgan fingerprint density at radius 3 is 3.10 bits per heavy atom. The van der Waals surface area contributed by atoms with Gasteiger partial charge in [-0.1, -0.05) is 0 Å². The fourth-order valence-electron chi connectivity index (χ4n) is 3.05. The van der Waals surface area contributed by atoms with Gasteiger partial charge in [-0.15, -0.1) is 0 Å². The molecule has 0 aliphatic carbocycles. The minimum absolute atomic E-state index is 0.459. The number of hydrogen-bond donors (Lipinski definition) is 0. The molecule has 0 saturated carbocycles. The lowest BCUT2D eigenvalue weighted by atomic mass is 10.0. The van der Waals surface area contributed by atoms with Crippen LogP contribution in [-0.2, 0) is 0 Å². The molecule has 0 radical (unpaired) electrons. The Morgan fingerprint density at radius 2 is 2.20 bits per heavy atom. The molecule has 1 unspecified atom stereocenters. The molecule has 5 heteroatoms. The van der Waals surface area contributed by atoms with Crippen LogP contribution in [0.1, 0.15) is 19.3 Å². The van der Waals surface area contributed by atoms with Crippen molar-refractivity contribution in [2.75, 3.05) is 25.2 Å². The van der Waals surface area contributed by atoms with Gasteiger partial charge in [-0.25, -0.2) is 9.97 Å². The third-order valence-corrected chi connectivity index (χ3v) is 4.13. The zero-order valence-electron chi connectivity index (χ0n) is 11.5. The lowest BCUT2D eigenvalue weighted by molar-refractivity contribution is 0.230. The molecular weight excluding hydrogens is 254 g/mol. The number of nitrogens with zero attached hydrogens (tertiary/aromatic N) is 3. The first-order chi connectivity index (χ1) is 9.85. The number of hydrogen-bond acceptors (Lipinski definition) is 5. The summed E-state index contributed by atoms with van der Waals surface area (Å²) in [4.78, 5) is 11.7. The molecule has 3 heterocycles. The lowest BCUT2D eigenvalue weighted by Gasteiger charge is -2.40. The Labute approximate surface area is 117 Å². The highest BCUT2D eigenvalue weighted by Crippen LogP contribution is 2.36. The van der Waals surface area contributed by atoms with Gasteiger partial charge in [0.2, 0.25) is 0 Å². The van der Waals surface area contributed by atoms with Crippen LogP contribution < -0.4 is 14.4 Å². The van der Waals surface area contributed by atoms with Crippen LogP contribution in [0.2, 0.25) is 0 Å². The number of anilines is 1. The standard InChI is InChI=1S/C15H17N3O2/c1-19-11-5-6-12-13(8-11)17-15-14(16-12)18-7-3-2-4-10(18)9-20-15/h5-6,8,10H,2-4,7,9H2,1H3. The Hall–Kier alpha value is -2.04. The van der Waals surface area contributed by atoms with Gasteiger partial charge in [-0.3, -0.25) is 0 Å². The molecule has 5 nitrogen and oxygen atoms in total. The summed E-state index contributed by atoms with van der Waals surface area (Å²) in [6.45, 7) is 1.77. The SMILES string of the molecule is COc1ccc2nc3c(nc2c1)OCC1CCCCN31. The molecule has 4 rings (SSSR count). The Bertz CT molecular complexity index is 659. The van der Waals surface area contributed by atoms with Crippen molar-refractivity contribution in [3.05, 3.63) is 18.2 Å². The number of methoxy groups -OCH3 is 1. The third-order valence-electron chi connectivity index (χ3n) is 4.13. The van der Waals surface area contributed by atoms with Gasteiger partial charge >= 0.3 is 0 Å². The second kappa shape index (κ2) is 4.51. The maximum Gasteiger partial charge on any atom is 0.258 e. The summed E-state index contributed by atoms with van der Waals surface area (Å²) in [6.07, 6.45) is 3.68. The van der Waals surface area contributed by atoms with Crippen LogP contribution >= 0.6 is 0 Å². The first kappa shape index (κ1) is 11.8. The van der Waals surface area contributed by atoms with Crippen molar-refractivity contribution in [3.63, 3.8) is 0 Å². The van der Waals surface area contributed by atoms with Gasteiger partial charge in [0.15, 0.2) is 5.82 Å². The highest BCUT2D eigenvalue weighted by Gasteiger charge is 2.32. The van der Waals surface area contributed by atoms with Gasteiger partial charge in [0, 0.05) is 12.6 Å². The molecule has 1 aromatic heterocycles. The van der Waals surface area contributed by atoms with E-state index < -0.39 is 0 Å². The van der Waals surface area contributed by atoms with E-state index in [9.17, 15) is 0 Å². The van der Waals surface area contributed by atoms with E-state index in [0.29, 0.717) is 11.9 Å². The lowest BCUT2D eigenvalue weighted by Crippen LogP contribution is -2.46. The van der Waals surface area contributed by atoms with Gasteiger partial charge in [-0.2, -0.15) is 0 Å². The van der Waals surface area contributed by atoms with Crippen molar-refractivity contribution >= 4 is 16.9 Å². The first-order valence-electron chi connectivity index (χ1n) is 7.10. The summed E-state index contributed by atoms with van der Waals surface area (Å²) in [7, 11) is 1.65. The summed E-state index contributed by atoms with van der Waals surface area (Å²) >= 11 is 0. The van der Waals surface area contributed by atoms with E-state index in [1.54, 1.807) is 7.11 Å². The molecular formula is C15H17N3O2. The Kier molecular flexibility index (Phi) is 2.65. The van der Waals surface area contributed by atoms with E-state index in [2.05, 4.69) is 9.88 Å². The van der Waals surface area contributed by atoms with Crippen LogP contribution in [0.25, 0.3) is 11.0 Å². The van der Waals surface area contributed by atoms with E-state index >= 15 is 0 Å². The smallest absolute Gasteiger partial charge is 0.258 e. The van der Waals surface area contributed by atoms with Crippen molar-refractivity contribution < 1.29 is 9.47 Å². The van der Waals surface area contributed by atoms with Gasteiger partial charge < -0.3 is 14.4 Å². The fraction of sp³-hybridized carbons (Fsp3) is 0.467. The zero-order valence-corrected chi connectivity index (χ0v) is 11.5. The van der Waals surface area contributed by atoms with E-state index in [4.69, 9.17) is 14.5 Å². The molecule has 0 bridgehead atoms. The first-order valence-corrected chi connectivity index (χ1v) is 7.10. The molecule has 2 aromatic rings. The summed E-state index contributed by atoms with van der Waals surface area (Å²) < 4.78 is 11.1. The number of rotatable bonds is 1. The second-order valence-electron chi connectivity index (χ2n) is 5.36. The maximum atomic E-state index is 5.82. The van der Waals surface area contributed by atoms with E-state index in [1.807, 2.05) is 18.2 Å². The highest BCUT2D eigenvalue weighted by atomic mass is 16.5. The van der Waals surface area contributed by atoms with E-state index in [-0.39, 0.29) is 0 Å².